The fraction of sp³-hybridized carbons (Fsp3) is 0.522. The summed E-state index contributed by atoms with van der Waals surface area (Å²) in [5.41, 5.74) is 3.87. The van der Waals surface area contributed by atoms with Crippen molar-refractivity contribution in [3.63, 3.8) is 0 Å². The summed E-state index contributed by atoms with van der Waals surface area (Å²) < 4.78 is 6.09. The molecular formula is C23H33BrN2O2S. The van der Waals surface area contributed by atoms with Gasteiger partial charge in [0.1, 0.15) is 0 Å². The third-order valence-electron chi connectivity index (χ3n) is 4.92. The molecule has 0 bridgehead atoms. The summed E-state index contributed by atoms with van der Waals surface area (Å²) in [5.74, 6) is -0.0784. The number of nitrogens with zero attached hydrogens (tertiary/aromatic N) is 1. The van der Waals surface area contributed by atoms with Gasteiger partial charge in [0, 0.05) is 29.9 Å². The van der Waals surface area contributed by atoms with E-state index >= 15 is 0 Å². The van der Waals surface area contributed by atoms with Crippen molar-refractivity contribution in [3.05, 3.63) is 50.1 Å². The summed E-state index contributed by atoms with van der Waals surface area (Å²) in [7, 11) is 4.20. The zero-order valence-electron chi connectivity index (χ0n) is 18.0. The van der Waals surface area contributed by atoms with Crippen molar-refractivity contribution in [2.75, 3.05) is 32.1 Å². The first kappa shape index (κ1) is 23.9. The molecule has 0 spiro atoms. The molecule has 1 aromatic carbocycles. The molecule has 4 nitrogen and oxygen atoms in total. The van der Waals surface area contributed by atoms with Gasteiger partial charge in [0.15, 0.2) is 0 Å². The van der Waals surface area contributed by atoms with E-state index in [9.17, 15) is 4.79 Å². The second-order valence-electron chi connectivity index (χ2n) is 7.42. The molecule has 1 heterocycles. The lowest BCUT2D eigenvalue weighted by Gasteiger charge is -2.24. The molecule has 0 fully saturated rings. The number of carbonyl (C=O) groups is 1. The van der Waals surface area contributed by atoms with E-state index in [1.807, 2.05) is 6.92 Å². The largest absolute Gasteiger partial charge is 0.466 e. The number of benzene rings is 1. The Labute approximate surface area is 187 Å². The van der Waals surface area contributed by atoms with E-state index in [1.54, 1.807) is 11.3 Å². The first-order valence-corrected chi connectivity index (χ1v) is 12.0. The quantitative estimate of drug-likeness (QED) is 0.295. The molecule has 6 heteroatoms. The average Bonchev–Trinajstić information content (AvgIpc) is 3.15. The van der Waals surface area contributed by atoms with Gasteiger partial charge in [0.2, 0.25) is 0 Å². The number of esters is 1. The van der Waals surface area contributed by atoms with Crippen LogP contribution in [-0.4, -0.2) is 33.2 Å². The average molecular weight is 482 g/mol. The molecule has 1 N–H and O–H groups in total. The molecule has 0 saturated carbocycles. The standard InChI is InChI=1S/C23H33BrN2O2S/c1-5-28-21(27)10-8-6-7-9-14-25-22(19-12-11-18(24)16-17(19)2)23-20(26(3)4)13-15-29-23/h11-13,15-16,22,25H,5-10,14H2,1-4H3. The highest BCUT2D eigenvalue weighted by molar-refractivity contribution is 9.10. The zero-order chi connectivity index (χ0) is 21.2. The maximum atomic E-state index is 11.4. The van der Waals surface area contributed by atoms with E-state index in [4.69, 9.17) is 4.74 Å². The van der Waals surface area contributed by atoms with E-state index in [2.05, 4.69) is 76.8 Å². The van der Waals surface area contributed by atoms with Crippen LogP contribution in [0.4, 0.5) is 5.69 Å². The molecule has 1 atom stereocenters. The number of aryl methyl sites for hydroxylation is 1. The van der Waals surface area contributed by atoms with Crippen molar-refractivity contribution in [1.82, 2.24) is 5.32 Å². The van der Waals surface area contributed by atoms with Gasteiger partial charge in [-0.3, -0.25) is 4.79 Å². The predicted molar refractivity (Wildman–Crippen MR) is 127 cm³/mol. The maximum Gasteiger partial charge on any atom is 0.305 e. The molecule has 29 heavy (non-hydrogen) atoms. The minimum Gasteiger partial charge on any atom is -0.466 e. The minimum absolute atomic E-state index is 0.0784. The Morgan fingerprint density at radius 3 is 2.66 bits per heavy atom. The van der Waals surface area contributed by atoms with Gasteiger partial charge in [-0.25, -0.2) is 0 Å². The van der Waals surface area contributed by atoms with Gasteiger partial charge in [0.05, 0.1) is 18.3 Å². The number of rotatable bonds is 12. The topological polar surface area (TPSA) is 41.6 Å². The third-order valence-corrected chi connectivity index (χ3v) is 6.39. The highest BCUT2D eigenvalue weighted by Gasteiger charge is 2.21. The number of nitrogens with one attached hydrogen (secondary N) is 1. The smallest absolute Gasteiger partial charge is 0.305 e. The second-order valence-corrected chi connectivity index (χ2v) is 9.29. The predicted octanol–water partition coefficient (Wildman–Crippen LogP) is 6.08. The van der Waals surface area contributed by atoms with Crippen molar-refractivity contribution < 1.29 is 9.53 Å². The van der Waals surface area contributed by atoms with Crippen LogP contribution in [0, 0.1) is 6.92 Å². The van der Waals surface area contributed by atoms with Crippen molar-refractivity contribution in [2.45, 2.75) is 52.0 Å². The van der Waals surface area contributed by atoms with Gasteiger partial charge >= 0.3 is 5.97 Å². The lowest BCUT2D eigenvalue weighted by atomic mass is 9.99. The molecule has 1 unspecified atom stereocenters. The van der Waals surface area contributed by atoms with Gasteiger partial charge in [-0.1, -0.05) is 34.8 Å². The van der Waals surface area contributed by atoms with Crippen LogP contribution >= 0.6 is 27.3 Å². The van der Waals surface area contributed by atoms with Gasteiger partial charge in [-0.05, 0) is 67.9 Å². The summed E-state index contributed by atoms with van der Waals surface area (Å²) in [6.07, 6.45) is 4.71. The molecule has 0 aliphatic heterocycles. The van der Waals surface area contributed by atoms with Crippen LogP contribution in [0.2, 0.25) is 0 Å². The number of unbranched alkanes of at least 4 members (excludes halogenated alkanes) is 3. The van der Waals surface area contributed by atoms with Crippen LogP contribution in [0.15, 0.2) is 34.1 Å². The van der Waals surface area contributed by atoms with Crippen LogP contribution in [0.25, 0.3) is 0 Å². The van der Waals surface area contributed by atoms with E-state index in [0.29, 0.717) is 13.0 Å². The fourth-order valence-electron chi connectivity index (χ4n) is 3.43. The van der Waals surface area contributed by atoms with E-state index < -0.39 is 0 Å². The first-order chi connectivity index (χ1) is 13.9. The second kappa shape index (κ2) is 12.4. The first-order valence-electron chi connectivity index (χ1n) is 10.3. The van der Waals surface area contributed by atoms with Crippen molar-refractivity contribution in [1.29, 1.82) is 0 Å². The molecule has 0 saturated heterocycles. The molecule has 1 aromatic heterocycles. The minimum atomic E-state index is -0.0784. The van der Waals surface area contributed by atoms with Crippen LogP contribution in [0.5, 0.6) is 0 Å². The Morgan fingerprint density at radius 1 is 1.21 bits per heavy atom. The third kappa shape index (κ3) is 7.43. The van der Waals surface area contributed by atoms with Crippen molar-refractivity contribution >= 4 is 38.9 Å². The van der Waals surface area contributed by atoms with Gasteiger partial charge < -0.3 is 15.0 Å². The molecule has 160 valence electrons. The van der Waals surface area contributed by atoms with E-state index in [-0.39, 0.29) is 12.0 Å². The van der Waals surface area contributed by atoms with Crippen molar-refractivity contribution in [2.24, 2.45) is 0 Å². The van der Waals surface area contributed by atoms with E-state index in [0.717, 1.165) is 36.7 Å². The summed E-state index contributed by atoms with van der Waals surface area (Å²) >= 11 is 5.39. The molecule has 2 aromatic rings. The number of thiophene rings is 1. The Hall–Kier alpha value is -1.37. The summed E-state index contributed by atoms with van der Waals surface area (Å²) in [6, 6.07) is 8.89. The Morgan fingerprint density at radius 2 is 1.97 bits per heavy atom. The number of hydrogen-bond donors (Lipinski definition) is 1. The molecule has 0 aliphatic rings. The number of anilines is 1. The Balaban J connectivity index is 1.97. The Kier molecular flexibility index (Phi) is 10.2. The lowest BCUT2D eigenvalue weighted by molar-refractivity contribution is -0.143. The van der Waals surface area contributed by atoms with E-state index in [1.165, 1.54) is 21.7 Å². The molecule has 0 amide bonds. The maximum absolute atomic E-state index is 11.4. The number of hydrogen-bond acceptors (Lipinski definition) is 5. The highest BCUT2D eigenvalue weighted by atomic mass is 79.9. The number of halogens is 1. The molecule has 0 radical (unpaired) electrons. The highest BCUT2D eigenvalue weighted by Crippen LogP contribution is 2.36. The monoisotopic (exact) mass is 480 g/mol. The normalized spacial score (nSPS) is 12.0. The van der Waals surface area contributed by atoms with Crippen LogP contribution < -0.4 is 10.2 Å². The van der Waals surface area contributed by atoms with Crippen LogP contribution in [0.1, 0.15) is 61.1 Å². The SMILES string of the molecule is CCOC(=O)CCCCCCNC(c1ccc(Br)cc1C)c1sccc1N(C)C. The van der Waals surface area contributed by atoms with Gasteiger partial charge in [-0.15, -0.1) is 11.3 Å². The van der Waals surface area contributed by atoms with Gasteiger partial charge in [-0.2, -0.15) is 0 Å². The molecular weight excluding hydrogens is 448 g/mol. The lowest BCUT2D eigenvalue weighted by Crippen LogP contribution is -2.25. The molecule has 0 aliphatic carbocycles. The van der Waals surface area contributed by atoms with Crippen LogP contribution in [0.3, 0.4) is 0 Å². The number of ether oxygens (including phenoxy) is 1. The fourth-order valence-corrected chi connectivity index (χ4v) is 4.97. The summed E-state index contributed by atoms with van der Waals surface area (Å²) in [4.78, 5) is 14.9. The number of carbonyl (C=O) groups excluding carboxylic acids is 1. The Bertz CT molecular complexity index is 776. The van der Waals surface area contributed by atoms with Gasteiger partial charge in [0.25, 0.3) is 0 Å². The van der Waals surface area contributed by atoms with Crippen LogP contribution in [-0.2, 0) is 9.53 Å². The summed E-state index contributed by atoms with van der Waals surface area (Å²) in [5, 5.41) is 5.96. The molecule has 2 rings (SSSR count). The summed E-state index contributed by atoms with van der Waals surface area (Å²) in [6.45, 7) is 5.44. The zero-order valence-corrected chi connectivity index (χ0v) is 20.4. The van der Waals surface area contributed by atoms with Crippen molar-refractivity contribution in [3.8, 4) is 0 Å².